The summed E-state index contributed by atoms with van der Waals surface area (Å²) in [5.74, 6) is 0.786. The molecule has 7 heteroatoms. The van der Waals surface area contributed by atoms with Gasteiger partial charge in [0.25, 0.3) is 0 Å². The van der Waals surface area contributed by atoms with Crippen LogP contribution >= 0.6 is 11.6 Å². The third-order valence-electron chi connectivity index (χ3n) is 7.19. The third-order valence-corrected chi connectivity index (χ3v) is 7.49. The van der Waals surface area contributed by atoms with Crippen LogP contribution in [0.5, 0.6) is 0 Å². The van der Waals surface area contributed by atoms with Crippen LogP contribution in [0.4, 0.5) is 10.2 Å². The molecular formula is C25H25ClFN3O2. The van der Waals surface area contributed by atoms with Crippen LogP contribution in [0.2, 0.25) is 5.02 Å². The highest BCUT2D eigenvalue weighted by Crippen LogP contribution is 2.56. The zero-order valence-corrected chi connectivity index (χ0v) is 19.0. The number of anilines is 1. The molecule has 2 saturated carbocycles. The lowest BCUT2D eigenvalue weighted by atomic mass is 9.79. The van der Waals surface area contributed by atoms with Gasteiger partial charge in [-0.25, -0.2) is 9.37 Å². The van der Waals surface area contributed by atoms with E-state index in [1.54, 1.807) is 16.7 Å². The fourth-order valence-corrected chi connectivity index (χ4v) is 5.75. The molecule has 0 radical (unpaired) electrons. The smallest absolute Gasteiger partial charge is 0.201 e. The van der Waals surface area contributed by atoms with E-state index >= 15 is 0 Å². The Morgan fingerprint density at radius 1 is 1.25 bits per heavy atom. The highest BCUT2D eigenvalue weighted by Gasteiger charge is 2.46. The molecule has 2 bridgehead atoms. The molecule has 5 nitrogen and oxygen atoms in total. The van der Waals surface area contributed by atoms with E-state index in [1.165, 1.54) is 37.2 Å². The molecule has 166 valence electrons. The highest BCUT2D eigenvalue weighted by atomic mass is 35.5. The Labute approximate surface area is 190 Å². The van der Waals surface area contributed by atoms with Gasteiger partial charge in [-0.1, -0.05) is 11.6 Å². The molecule has 0 atom stereocenters. The zero-order chi connectivity index (χ0) is 22.6. The summed E-state index contributed by atoms with van der Waals surface area (Å²) in [7, 11) is 3.71. The zero-order valence-electron chi connectivity index (χ0n) is 18.2. The van der Waals surface area contributed by atoms with Crippen LogP contribution in [0.1, 0.15) is 48.9 Å². The SMILES string of the molecule is CN(C)c1ccc2c(=O)c(C(=O)CC34CCC(CC3)C4)cn(-c3ccc(F)cc3Cl)c2n1. The minimum absolute atomic E-state index is 0.0362. The fraction of sp³-hybridized carbons (Fsp3) is 0.400. The predicted molar refractivity (Wildman–Crippen MR) is 125 cm³/mol. The summed E-state index contributed by atoms with van der Waals surface area (Å²) < 4.78 is 15.4. The van der Waals surface area contributed by atoms with Crippen LogP contribution in [-0.2, 0) is 0 Å². The van der Waals surface area contributed by atoms with Crippen LogP contribution in [0.25, 0.3) is 16.7 Å². The maximum absolute atomic E-state index is 13.7. The summed E-state index contributed by atoms with van der Waals surface area (Å²) in [5, 5.41) is 0.522. The van der Waals surface area contributed by atoms with Gasteiger partial charge < -0.3 is 4.90 Å². The van der Waals surface area contributed by atoms with Gasteiger partial charge in [0, 0.05) is 26.7 Å². The maximum atomic E-state index is 13.7. The number of nitrogens with zero attached hydrogens (tertiary/aromatic N) is 3. The molecule has 0 spiro atoms. The standard InChI is InChI=1S/C25H25ClFN3O2/c1-29(2)22-6-4-17-23(32)18(21(31)13-25-9-7-15(12-25)8-10-25)14-30(24(17)28-22)20-5-3-16(27)11-19(20)26/h3-6,11,14-15H,7-10,12-13H2,1-2H3. The molecule has 0 aliphatic heterocycles. The number of fused-ring (bicyclic) bond motifs is 3. The predicted octanol–water partition coefficient (Wildman–Crippen LogP) is 5.40. The Morgan fingerprint density at radius 2 is 2.00 bits per heavy atom. The Balaban J connectivity index is 1.69. The van der Waals surface area contributed by atoms with E-state index < -0.39 is 5.82 Å². The van der Waals surface area contributed by atoms with Gasteiger partial charge in [-0.3, -0.25) is 14.2 Å². The average molecular weight is 454 g/mol. The first-order chi connectivity index (χ1) is 15.3. The van der Waals surface area contributed by atoms with Gasteiger partial charge in [-0.2, -0.15) is 0 Å². The number of rotatable bonds is 5. The first-order valence-electron chi connectivity index (χ1n) is 11.0. The largest absolute Gasteiger partial charge is 0.363 e. The number of carbonyl (C=O) groups is 1. The van der Waals surface area contributed by atoms with Crippen molar-refractivity contribution in [3.63, 3.8) is 0 Å². The number of benzene rings is 1. The van der Waals surface area contributed by atoms with Gasteiger partial charge in [0.15, 0.2) is 11.4 Å². The van der Waals surface area contributed by atoms with Crippen molar-refractivity contribution < 1.29 is 9.18 Å². The summed E-state index contributed by atoms with van der Waals surface area (Å²) >= 11 is 6.36. The van der Waals surface area contributed by atoms with Gasteiger partial charge in [-0.05, 0) is 73.8 Å². The van der Waals surface area contributed by atoms with Crippen LogP contribution < -0.4 is 10.3 Å². The summed E-state index contributed by atoms with van der Waals surface area (Å²) in [5.41, 5.74) is 0.707. The van der Waals surface area contributed by atoms with E-state index in [1.807, 2.05) is 19.0 Å². The summed E-state index contributed by atoms with van der Waals surface area (Å²) in [6.07, 6.45) is 7.49. The van der Waals surface area contributed by atoms with E-state index in [9.17, 15) is 14.0 Å². The van der Waals surface area contributed by atoms with Crippen molar-refractivity contribution in [3.8, 4) is 5.69 Å². The number of hydrogen-bond donors (Lipinski definition) is 0. The highest BCUT2D eigenvalue weighted by molar-refractivity contribution is 6.32. The molecule has 2 aliphatic rings. The molecular weight excluding hydrogens is 429 g/mol. The van der Waals surface area contributed by atoms with Gasteiger partial charge in [0.05, 0.1) is 21.7 Å². The van der Waals surface area contributed by atoms with Crippen LogP contribution in [0.3, 0.4) is 0 Å². The lowest BCUT2D eigenvalue weighted by Crippen LogP contribution is -2.25. The second kappa shape index (κ2) is 7.69. The molecule has 0 unspecified atom stereocenters. The monoisotopic (exact) mass is 453 g/mol. The fourth-order valence-electron chi connectivity index (χ4n) is 5.50. The molecule has 0 saturated heterocycles. The third kappa shape index (κ3) is 3.51. The lowest BCUT2D eigenvalue weighted by Gasteiger charge is -2.25. The first-order valence-corrected chi connectivity index (χ1v) is 11.4. The molecule has 0 N–H and O–H groups in total. The van der Waals surface area contributed by atoms with Crippen molar-refractivity contribution in [2.75, 3.05) is 19.0 Å². The molecule has 0 amide bonds. The van der Waals surface area contributed by atoms with Crippen molar-refractivity contribution in [1.29, 1.82) is 0 Å². The number of carbonyl (C=O) groups excluding carboxylic acids is 1. The number of Topliss-reactive ketones (excluding diaryl/α,β-unsaturated/α-hetero) is 1. The van der Waals surface area contributed by atoms with E-state index in [2.05, 4.69) is 4.98 Å². The van der Waals surface area contributed by atoms with Crippen molar-refractivity contribution in [3.05, 3.63) is 63.2 Å². The molecule has 2 aliphatic carbocycles. The Morgan fingerprint density at radius 3 is 2.62 bits per heavy atom. The number of halogens is 2. The number of aromatic nitrogens is 2. The second-order valence-corrected chi connectivity index (χ2v) is 9.93. The number of pyridine rings is 2. The lowest BCUT2D eigenvalue weighted by molar-refractivity contribution is 0.0912. The van der Waals surface area contributed by atoms with E-state index in [-0.39, 0.29) is 27.2 Å². The molecule has 2 heterocycles. The van der Waals surface area contributed by atoms with Gasteiger partial charge in [0.1, 0.15) is 11.6 Å². The van der Waals surface area contributed by atoms with E-state index in [4.69, 9.17) is 11.6 Å². The molecule has 2 aromatic heterocycles. The summed E-state index contributed by atoms with van der Waals surface area (Å²) in [4.78, 5) is 33.2. The molecule has 1 aromatic carbocycles. The van der Waals surface area contributed by atoms with Crippen molar-refractivity contribution >= 4 is 34.2 Å². The first kappa shape index (κ1) is 21.1. The molecule has 3 aromatic rings. The van der Waals surface area contributed by atoms with Crippen molar-refractivity contribution in [2.45, 2.75) is 38.5 Å². The van der Waals surface area contributed by atoms with E-state index in [0.717, 1.165) is 25.2 Å². The van der Waals surface area contributed by atoms with Crippen molar-refractivity contribution in [2.24, 2.45) is 11.3 Å². The summed E-state index contributed by atoms with van der Waals surface area (Å²) in [6.45, 7) is 0. The van der Waals surface area contributed by atoms with Crippen LogP contribution in [0.15, 0.2) is 41.3 Å². The average Bonchev–Trinajstić information content (AvgIpc) is 3.34. The van der Waals surface area contributed by atoms with Gasteiger partial charge >= 0.3 is 0 Å². The topological polar surface area (TPSA) is 55.2 Å². The minimum atomic E-state index is -0.460. The summed E-state index contributed by atoms with van der Waals surface area (Å²) in [6, 6.07) is 7.51. The van der Waals surface area contributed by atoms with Crippen molar-refractivity contribution in [1.82, 2.24) is 9.55 Å². The van der Waals surface area contributed by atoms with Crippen LogP contribution in [-0.4, -0.2) is 29.4 Å². The van der Waals surface area contributed by atoms with Crippen LogP contribution in [0, 0.1) is 17.2 Å². The second-order valence-electron chi connectivity index (χ2n) is 9.52. The molecule has 5 rings (SSSR count). The Hall–Kier alpha value is -2.73. The minimum Gasteiger partial charge on any atom is -0.363 e. The van der Waals surface area contributed by atoms with Gasteiger partial charge in [-0.15, -0.1) is 0 Å². The molecule has 32 heavy (non-hydrogen) atoms. The van der Waals surface area contributed by atoms with Gasteiger partial charge in [0.2, 0.25) is 5.43 Å². The molecule has 2 fully saturated rings. The number of hydrogen-bond acceptors (Lipinski definition) is 4. The quantitative estimate of drug-likeness (QED) is 0.485. The number of ketones is 1. The van der Waals surface area contributed by atoms with E-state index in [0.29, 0.717) is 29.0 Å². The Bertz CT molecular complexity index is 1290. The normalized spacial score (nSPS) is 21.9. The Kier molecular flexibility index (Phi) is 5.08. The maximum Gasteiger partial charge on any atom is 0.201 e.